The Balaban J connectivity index is 1.11. The van der Waals surface area contributed by atoms with Gasteiger partial charge >= 0.3 is 6.61 Å². The molecule has 37 heavy (non-hydrogen) atoms. The van der Waals surface area contributed by atoms with Crippen LogP contribution in [-0.4, -0.2) is 80.5 Å². The van der Waals surface area contributed by atoms with E-state index >= 15 is 0 Å². The molecule has 1 aromatic carbocycles. The Kier molecular flexibility index (Phi) is 8.05. The number of carbonyl (C=O) groups excluding carboxylic acids is 1. The van der Waals surface area contributed by atoms with Gasteiger partial charge in [-0.25, -0.2) is 4.98 Å². The quantitative estimate of drug-likeness (QED) is 0.468. The zero-order chi connectivity index (χ0) is 25.7. The van der Waals surface area contributed by atoms with E-state index in [1.807, 2.05) is 12.1 Å². The van der Waals surface area contributed by atoms with E-state index in [2.05, 4.69) is 31.7 Å². The van der Waals surface area contributed by atoms with Gasteiger partial charge in [0.15, 0.2) is 0 Å². The van der Waals surface area contributed by atoms with E-state index in [-0.39, 0.29) is 18.4 Å². The highest BCUT2D eigenvalue weighted by atomic mass is 19.3. The molecule has 0 saturated carbocycles. The van der Waals surface area contributed by atoms with Gasteiger partial charge in [-0.1, -0.05) is 0 Å². The molecule has 0 N–H and O–H groups in total. The number of pyridine rings is 1. The molecule has 1 spiro atoms. The van der Waals surface area contributed by atoms with Gasteiger partial charge < -0.3 is 28.9 Å². The third-order valence-corrected chi connectivity index (χ3v) is 7.45. The monoisotopic (exact) mass is 516 g/mol. The molecule has 2 aromatic rings. The molecule has 0 atom stereocenters. The highest BCUT2D eigenvalue weighted by molar-refractivity contribution is 5.95. The van der Waals surface area contributed by atoms with Gasteiger partial charge in [0, 0.05) is 31.4 Å². The Morgan fingerprint density at radius 1 is 1.00 bits per heavy atom. The SMILES string of the molecule is O=C1COC2(CCN(c3ccc(OCCCN4CCCC4)cc3)CC2)CN1c1ccc(OC(F)F)nc1. The number of amides is 1. The maximum Gasteiger partial charge on any atom is 0.388 e. The van der Waals surface area contributed by atoms with E-state index in [1.165, 1.54) is 38.2 Å². The van der Waals surface area contributed by atoms with Crippen LogP contribution >= 0.6 is 0 Å². The summed E-state index contributed by atoms with van der Waals surface area (Å²) >= 11 is 0. The number of anilines is 2. The molecular weight excluding hydrogens is 482 g/mol. The molecule has 0 bridgehead atoms. The second-order valence-electron chi connectivity index (χ2n) is 9.92. The summed E-state index contributed by atoms with van der Waals surface area (Å²) in [6.45, 7) is 3.32. The average Bonchev–Trinajstić information content (AvgIpc) is 3.43. The van der Waals surface area contributed by atoms with Crippen molar-refractivity contribution in [1.29, 1.82) is 0 Å². The van der Waals surface area contributed by atoms with Crippen molar-refractivity contribution in [1.82, 2.24) is 9.88 Å². The smallest absolute Gasteiger partial charge is 0.388 e. The largest absolute Gasteiger partial charge is 0.494 e. The first kappa shape index (κ1) is 25.7. The zero-order valence-corrected chi connectivity index (χ0v) is 21.0. The molecule has 200 valence electrons. The molecule has 10 heteroatoms. The number of ether oxygens (including phenoxy) is 3. The topological polar surface area (TPSA) is 67.4 Å². The number of alkyl halides is 2. The number of morpholine rings is 1. The van der Waals surface area contributed by atoms with Crippen molar-refractivity contribution < 1.29 is 27.8 Å². The van der Waals surface area contributed by atoms with Crippen molar-refractivity contribution in [3.05, 3.63) is 42.6 Å². The van der Waals surface area contributed by atoms with Crippen LogP contribution in [0.3, 0.4) is 0 Å². The first-order chi connectivity index (χ1) is 18.0. The van der Waals surface area contributed by atoms with Crippen LogP contribution in [0.1, 0.15) is 32.1 Å². The highest BCUT2D eigenvalue weighted by Gasteiger charge is 2.43. The second-order valence-corrected chi connectivity index (χ2v) is 9.92. The van der Waals surface area contributed by atoms with Crippen LogP contribution in [0.25, 0.3) is 0 Å². The minimum atomic E-state index is -2.94. The molecule has 3 saturated heterocycles. The van der Waals surface area contributed by atoms with Crippen LogP contribution in [0.4, 0.5) is 20.2 Å². The van der Waals surface area contributed by atoms with Crippen LogP contribution in [-0.2, 0) is 9.53 Å². The summed E-state index contributed by atoms with van der Waals surface area (Å²) in [7, 11) is 0. The van der Waals surface area contributed by atoms with E-state index in [0.717, 1.165) is 56.9 Å². The molecule has 0 unspecified atom stereocenters. The number of carbonyl (C=O) groups is 1. The van der Waals surface area contributed by atoms with E-state index in [4.69, 9.17) is 9.47 Å². The minimum absolute atomic E-state index is 0.0148. The lowest BCUT2D eigenvalue weighted by Crippen LogP contribution is -2.59. The summed E-state index contributed by atoms with van der Waals surface area (Å²) in [5, 5.41) is 0. The predicted octanol–water partition coefficient (Wildman–Crippen LogP) is 3.95. The van der Waals surface area contributed by atoms with Gasteiger partial charge in [-0.05, 0) is 75.5 Å². The molecule has 4 heterocycles. The zero-order valence-electron chi connectivity index (χ0n) is 21.0. The van der Waals surface area contributed by atoms with Crippen molar-refractivity contribution >= 4 is 17.3 Å². The predicted molar refractivity (Wildman–Crippen MR) is 136 cm³/mol. The lowest BCUT2D eigenvalue weighted by atomic mass is 9.88. The first-order valence-corrected chi connectivity index (χ1v) is 13.1. The third kappa shape index (κ3) is 6.48. The number of rotatable bonds is 9. The van der Waals surface area contributed by atoms with E-state index < -0.39 is 12.2 Å². The lowest BCUT2D eigenvalue weighted by Gasteiger charge is -2.47. The lowest BCUT2D eigenvalue weighted by molar-refractivity contribution is -0.141. The number of aromatic nitrogens is 1. The summed E-state index contributed by atoms with van der Waals surface area (Å²) in [6.07, 6.45) is 6.60. The number of piperidine rings is 1. The number of likely N-dealkylation sites (tertiary alicyclic amines) is 1. The van der Waals surface area contributed by atoms with Crippen molar-refractivity contribution in [2.75, 3.05) is 62.3 Å². The molecule has 1 aromatic heterocycles. The number of hydrogen-bond donors (Lipinski definition) is 0. The Labute approximate surface area is 216 Å². The van der Waals surface area contributed by atoms with Crippen molar-refractivity contribution in [2.45, 2.75) is 44.3 Å². The Morgan fingerprint density at radius 2 is 1.73 bits per heavy atom. The number of nitrogens with zero attached hydrogens (tertiary/aromatic N) is 4. The summed E-state index contributed by atoms with van der Waals surface area (Å²) in [4.78, 5) is 22.9. The van der Waals surface area contributed by atoms with Gasteiger partial charge in [-0.15, -0.1) is 0 Å². The summed E-state index contributed by atoms with van der Waals surface area (Å²) in [5.41, 5.74) is 1.25. The highest BCUT2D eigenvalue weighted by Crippen LogP contribution is 2.35. The standard InChI is InChI=1S/C27H34F2N4O4/c28-26(29)37-24-9-6-22(18-30-24)33-20-27(36-19-25(33)34)10-15-32(16-11-27)21-4-7-23(8-5-21)35-17-3-14-31-12-1-2-13-31/h4-9,18,26H,1-3,10-17,19-20H2. The first-order valence-electron chi connectivity index (χ1n) is 13.1. The van der Waals surface area contributed by atoms with Crippen molar-refractivity contribution in [2.24, 2.45) is 0 Å². The number of benzene rings is 1. The second kappa shape index (κ2) is 11.6. The fourth-order valence-electron chi connectivity index (χ4n) is 5.36. The molecule has 3 aliphatic rings. The van der Waals surface area contributed by atoms with Crippen LogP contribution in [0.15, 0.2) is 42.6 Å². The van der Waals surface area contributed by atoms with Crippen LogP contribution in [0.5, 0.6) is 11.6 Å². The molecule has 0 radical (unpaired) electrons. The van der Waals surface area contributed by atoms with Crippen LogP contribution < -0.4 is 19.3 Å². The Hall–Kier alpha value is -2.98. The van der Waals surface area contributed by atoms with Crippen LogP contribution in [0, 0.1) is 0 Å². The maximum absolute atomic E-state index is 12.6. The summed E-state index contributed by atoms with van der Waals surface area (Å²) < 4.78 is 41.1. The fraction of sp³-hybridized carbons (Fsp3) is 0.556. The Morgan fingerprint density at radius 3 is 2.41 bits per heavy atom. The van der Waals surface area contributed by atoms with Gasteiger partial charge in [0.1, 0.15) is 12.4 Å². The molecule has 3 aliphatic heterocycles. The van der Waals surface area contributed by atoms with Gasteiger partial charge in [0.25, 0.3) is 5.91 Å². The third-order valence-electron chi connectivity index (χ3n) is 7.45. The molecule has 1 amide bonds. The number of hydrogen-bond acceptors (Lipinski definition) is 7. The molecule has 3 fully saturated rings. The van der Waals surface area contributed by atoms with E-state index in [0.29, 0.717) is 12.2 Å². The van der Waals surface area contributed by atoms with Crippen molar-refractivity contribution in [3.8, 4) is 11.6 Å². The molecule has 0 aliphatic carbocycles. The van der Waals surface area contributed by atoms with Gasteiger partial charge in [0.2, 0.25) is 5.88 Å². The maximum atomic E-state index is 12.6. The molecule has 8 nitrogen and oxygen atoms in total. The Bertz CT molecular complexity index is 1020. The van der Waals surface area contributed by atoms with Gasteiger partial charge in [-0.2, -0.15) is 8.78 Å². The molecular formula is C27H34F2N4O4. The molecule has 5 rings (SSSR count). The van der Waals surface area contributed by atoms with Crippen molar-refractivity contribution in [3.63, 3.8) is 0 Å². The summed E-state index contributed by atoms with van der Waals surface area (Å²) in [5.74, 6) is 0.538. The fourth-order valence-corrected chi connectivity index (χ4v) is 5.36. The minimum Gasteiger partial charge on any atom is -0.494 e. The number of halogens is 2. The van der Waals surface area contributed by atoms with Gasteiger partial charge in [0.05, 0.1) is 30.6 Å². The summed E-state index contributed by atoms with van der Waals surface area (Å²) in [6, 6.07) is 11.2. The normalized spacial score (nSPS) is 20.1. The van der Waals surface area contributed by atoms with E-state index in [9.17, 15) is 13.6 Å². The average molecular weight is 517 g/mol. The van der Waals surface area contributed by atoms with Gasteiger partial charge in [-0.3, -0.25) is 4.79 Å². The van der Waals surface area contributed by atoms with Crippen LogP contribution in [0.2, 0.25) is 0 Å². The van der Waals surface area contributed by atoms with E-state index in [1.54, 1.807) is 11.0 Å².